The molecule has 1 aromatic carbocycles. The van der Waals surface area contributed by atoms with E-state index in [1.165, 1.54) is 20.5 Å². The number of hydrogen-bond donors (Lipinski definition) is 1. The molecule has 0 radical (unpaired) electrons. The maximum absolute atomic E-state index is 12.9. The molecule has 9 nitrogen and oxygen atoms in total. The Kier molecular flexibility index (Phi) is 9.57. The van der Waals surface area contributed by atoms with Crippen LogP contribution in [0, 0.1) is 6.92 Å². The van der Waals surface area contributed by atoms with Gasteiger partial charge < -0.3 is 20.0 Å². The number of benzene rings is 1. The van der Waals surface area contributed by atoms with E-state index in [2.05, 4.69) is 41.3 Å². The molecule has 40 heavy (non-hydrogen) atoms. The predicted molar refractivity (Wildman–Crippen MR) is 162 cm³/mol. The number of likely N-dealkylation sites (N-methyl/N-ethyl adjacent to an activating group) is 2. The van der Waals surface area contributed by atoms with Gasteiger partial charge in [-0.2, -0.15) is 0 Å². The average Bonchev–Trinajstić information content (AvgIpc) is 3.13. The largest absolute Gasteiger partial charge is 0.339 e. The number of fused-ring (bicyclic) bond motifs is 2. The number of piperazine rings is 1. The Morgan fingerprint density at radius 2 is 1.90 bits per heavy atom. The summed E-state index contributed by atoms with van der Waals surface area (Å²) in [5.41, 5.74) is 2.79. The smallest absolute Gasteiger partial charge is 0.246 e. The van der Waals surface area contributed by atoms with Crippen LogP contribution < -0.4 is 5.32 Å². The van der Waals surface area contributed by atoms with Crippen molar-refractivity contribution < 1.29 is 14.4 Å². The topological polar surface area (TPSA) is 89.1 Å². The highest BCUT2D eigenvalue weighted by Gasteiger charge is 2.25. The number of aryl methyl sites for hydroxylation is 1. The van der Waals surface area contributed by atoms with E-state index < -0.39 is 0 Å². The molecule has 1 N–H and O–H groups in total. The zero-order valence-corrected chi connectivity index (χ0v) is 24.7. The van der Waals surface area contributed by atoms with Crippen molar-refractivity contribution in [2.75, 3.05) is 58.7 Å². The van der Waals surface area contributed by atoms with E-state index in [-0.39, 0.29) is 43.2 Å². The van der Waals surface area contributed by atoms with E-state index in [1.807, 2.05) is 28.0 Å². The standard InChI is InChI=1S/C29H34N6O3S.ClH/c1-20-23-6-4-5-7-24(23)39-25(20)17-33(3)27(37)9-8-21-14-22-16-34(18-26(36)31-29(22)30-15-21)19-28(38)35-12-10-32(2)11-13-35;/h4-9,14-15H,10-13,16-19H2,1-3H3,(H,30,31,36);1H. The van der Waals surface area contributed by atoms with E-state index in [9.17, 15) is 14.4 Å². The number of halogens is 1. The van der Waals surface area contributed by atoms with Crippen molar-refractivity contribution in [2.45, 2.75) is 20.0 Å². The number of thiophene rings is 1. The van der Waals surface area contributed by atoms with E-state index in [0.29, 0.717) is 32.0 Å². The fourth-order valence-electron chi connectivity index (χ4n) is 4.95. The van der Waals surface area contributed by atoms with Gasteiger partial charge in [0.05, 0.1) is 19.6 Å². The first-order chi connectivity index (χ1) is 18.8. The third-order valence-electron chi connectivity index (χ3n) is 7.34. The maximum Gasteiger partial charge on any atom is 0.246 e. The lowest BCUT2D eigenvalue weighted by Gasteiger charge is -2.33. The second-order valence-corrected chi connectivity index (χ2v) is 11.5. The molecule has 0 bridgehead atoms. The molecule has 5 rings (SSSR count). The number of carbonyl (C=O) groups is 3. The summed E-state index contributed by atoms with van der Waals surface area (Å²) in [6.07, 6.45) is 4.94. The second-order valence-electron chi connectivity index (χ2n) is 10.3. The van der Waals surface area contributed by atoms with Crippen LogP contribution in [-0.4, -0.2) is 95.7 Å². The fourth-order valence-corrected chi connectivity index (χ4v) is 6.21. The summed E-state index contributed by atoms with van der Waals surface area (Å²) in [7, 11) is 3.85. The highest BCUT2D eigenvalue weighted by atomic mass is 35.5. The average molecular weight is 583 g/mol. The van der Waals surface area contributed by atoms with Crippen molar-refractivity contribution in [2.24, 2.45) is 0 Å². The van der Waals surface area contributed by atoms with E-state index in [1.54, 1.807) is 41.6 Å². The first-order valence-corrected chi connectivity index (χ1v) is 14.0. The van der Waals surface area contributed by atoms with E-state index >= 15 is 0 Å². The first kappa shape index (κ1) is 29.7. The van der Waals surface area contributed by atoms with Gasteiger partial charge in [0.1, 0.15) is 5.82 Å². The van der Waals surface area contributed by atoms with Gasteiger partial charge in [-0.1, -0.05) is 18.2 Å². The number of nitrogens with zero attached hydrogens (tertiary/aromatic N) is 5. The highest BCUT2D eigenvalue weighted by molar-refractivity contribution is 7.19. The SMILES string of the molecule is Cc1c(CN(C)C(=O)C=Cc2cnc3c(c2)CN(CC(=O)N2CCN(C)CC2)CC(=O)N3)sc2ccccc12.Cl. The number of hydrogen-bond acceptors (Lipinski definition) is 7. The van der Waals surface area contributed by atoms with Crippen LogP contribution in [0.25, 0.3) is 16.2 Å². The quantitative estimate of drug-likeness (QED) is 0.449. The number of nitrogens with one attached hydrogen (secondary N) is 1. The van der Waals surface area contributed by atoms with Gasteiger partial charge >= 0.3 is 0 Å². The van der Waals surface area contributed by atoms with Gasteiger partial charge in [0.15, 0.2) is 0 Å². The summed E-state index contributed by atoms with van der Waals surface area (Å²) in [5, 5.41) is 4.08. The summed E-state index contributed by atoms with van der Waals surface area (Å²) < 4.78 is 1.23. The normalized spacial score (nSPS) is 16.4. The van der Waals surface area contributed by atoms with Gasteiger partial charge in [0.2, 0.25) is 17.7 Å². The zero-order chi connectivity index (χ0) is 27.5. The maximum atomic E-state index is 12.9. The Morgan fingerprint density at radius 1 is 1.15 bits per heavy atom. The van der Waals surface area contributed by atoms with Gasteiger partial charge in [-0.15, -0.1) is 23.7 Å². The summed E-state index contributed by atoms with van der Waals surface area (Å²) in [4.78, 5) is 51.5. The molecule has 212 valence electrons. The third kappa shape index (κ3) is 6.87. The molecular formula is C29H35ClN6O3S. The third-order valence-corrected chi connectivity index (χ3v) is 8.60. The number of pyridine rings is 1. The van der Waals surface area contributed by atoms with Crippen LogP contribution in [0.3, 0.4) is 0 Å². The molecule has 11 heteroatoms. The summed E-state index contributed by atoms with van der Waals surface area (Å²) in [5.74, 6) is 0.236. The molecule has 0 saturated carbocycles. The zero-order valence-electron chi connectivity index (χ0n) is 23.1. The summed E-state index contributed by atoms with van der Waals surface area (Å²) in [6.45, 7) is 6.47. The van der Waals surface area contributed by atoms with Crippen LogP contribution in [0.4, 0.5) is 5.82 Å². The number of carbonyl (C=O) groups excluding carboxylic acids is 3. The molecule has 0 atom stereocenters. The summed E-state index contributed by atoms with van der Waals surface area (Å²) >= 11 is 1.72. The molecule has 0 spiro atoms. The molecule has 3 aromatic rings. The Bertz CT molecular complexity index is 1430. The van der Waals surface area contributed by atoms with Crippen LogP contribution in [0.15, 0.2) is 42.6 Å². The minimum Gasteiger partial charge on any atom is -0.339 e. The lowest BCUT2D eigenvalue weighted by Crippen LogP contribution is -2.50. The minimum atomic E-state index is -0.191. The van der Waals surface area contributed by atoms with Gasteiger partial charge in [-0.05, 0) is 48.7 Å². The van der Waals surface area contributed by atoms with Gasteiger partial charge in [-0.3, -0.25) is 19.3 Å². The number of anilines is 1. The fraction of sp³-hybridized carbons (Fsp3) is 0.379. The van der Waals surface area contributed by atoms with Crippen LogP contribution in [0.1, 0.15) is 21.6 Å². The molecular weight excluding hydrogens is 548 g/mol. The molecule has 1 fully saturated rings. The molecule has 2 aliphatic heterocycles. The van der Waals surface area contributed by atoms with Crippen molar-refractivity contribution >= 4 is 63.4 Å². The minimum absolute atomic E-state index is 0. The van der Waals surface area contributed by atoms with E-state index in [4.69, 9.17) is 0 Å². The Balaban J connectivity index is 0.00000370. The number of rotatable bonds is 6. The predicted octanol–water partition coefficient (Wildman–Crippen LogP) is 3.23. The number of aromatic nitrogens is 1. The lowest BCUT2D eigenvalue weighted by molar-refractivity contribution is -0.134. The van der Waals surface area contributed by atoms with Crippen LogP contribution in [0.2, 0.25) is 0 Å². The molecule has 0 unspecified atom stereocenters. The molecule has 4 heterocycles. The second kappa shape index (κ2) is 12.9. The highest BCUT2D eigenvalue weighted by Crippen LogP contribution is 2.31. The Hall–Kier alpha value is -3.31. The Morgan fingerprint density at radius 3 is 2.65 bits per heavy atom. The van der Waals surface area contributed by atoms with Crippen LogP contribution in [0.5, 0.6) is 0 Å². The van der Waals surface area contributed by atoms with Gasteiger partial charge in [0, 0.05) is 67.2 Å². The van der Waals surface area contributed by atoms with Crippen molar-refractivity contribution in [3.8, 4) is 0 Å². The Labute approximate surface area is 244 Å². The monoisotopic (exact) mass is 582 g/mol. The molecule has 0 aliphatic carbocycles. The van der Waals surface area contributed by atoms with Crippen LogP contribution in [-0.2, 0) is 27.5 Å². The molecule has 2 aliphatic rings. The van der Waals surface area contributed by atoms with Crippen LogP contribution >= 0.6 is 23.7 Å². The van der Waals surface area contributed by atoms with Gasteiger partial charge in [-0.25, -0.2) is 4.98 Å². The lowest BCUT2D eigenvalue weighted by atomic mass is 10.1. The number of amides is 3. The van der Waals surface area contributed by atoms with E-state index in [0.717, 1.165) is 24.2 Å². The molecule has 2 aromatic heterocycles. The van der Waals surface area contributed by atoms with Crippen molar-refractivity contribution in [3.63, 3.8) is 0 Å². The van der Waals surface area contributed by atoms with Crippen molar-refractivity contribution in [1.29, 1.82) is 0 Å². The van der Waals surface area contributed by atoms with Gasteiger partial charge in [0.25, 0.3) is 0 Å². The first-order valence-electron chi connectivity index (χ1n) is 13.1. The van der Waals surface area contributed by atoms with Crippen molar-refractivity contribution in [1.82, 2.24) is 24.6 Å². The summed E-state index contributed by atoms with van der Waals surface area (Å²) in [6, 6.07) is 10.2. The van der Waals surface area contributed by atoms with Crippen molar-refractivity contribution in [3.05, 3.63) is 64.2 Å². The molecule has 1 saturated heterocycles. The molecule has 3 amide bonds.